The van der Waals surface area contributed by atoms with Gasteiger partial charge in [0.15, 0.2) is 0 Å². The van der Waals surface area contributed by atoms with Crippen molar-refractivity contribution in [1.82, 2.24) is 0 Å². The van der Waals surface area contributed by atoms with E-state index < -0.39 is 0 Å². The molecule has 0 radical (unpaired) electrons. The predicted molar refractivity (Wildman–Crippen MR) is 79.4 cm³/mol. The predicted octanol–water partition coefficient (Wildman–Crippen LogP) is 4.77. The van der Waals surface area contributed by atoms with Crippen molar-refractivity contribution in [2.75, 3.05) is 13.2 Å². The first-order chi connectivity index (χ1) is 8.29. The molecule has 0 saturated heterocycles. The molecule has 0 atom stereocenters. The van der Waals surface area contributed by atoms with E-state index in [0.29, 0.717) is 19.1 Å². The van der Waals surface area contributed by atoms with Crippen LogP contribution in [0.5, 0.6) is 5.75 Å². The number of hydrogen-bond acceptors (Lipinski definition) is 2. The quantitative estimate of drug-likeness (QED) is 0.729. The summed E-state index contributed by atoms with van der Waals surface area (Å²) < 4.78 is 12.5. The summed E-state index contributed by atoms with van der Waals surface area (Å²) in [6, 6.07) is 6.13. The molecule has 102 valence electrons. The second kappa shape index (κ2) is 6.58. The van der Waals surface area contributed by atoms with Gasteiger partial charge in [0.2, 0.25) is 0 Å². The molecule has 0 aliphatic heterocycles. The van der Waals surface area contributed by atoms with E-state index in [1.807, 2.05) is 32.9 Å². The molecule has 3 heteroatoms. The lowest BCUT2D eigenvalue weighted by molar-refractivity contribution is -0.0164. The van der Waals surface area contributed by atoms with Crippen LogP contribution in [0, 0.1) is 0 Å². The zero-order chi connectivity index (χ0) is 13.8. The monoisotopic (exact) mass is 314 g/mol. The molecule has 0 aliphatic rings. The fourth-order valence-electron chi connectivity index (χ4n) is 1.60. The summed E-state index contributed by atoms with van der Waals surface area (Å²) in [6.45, 7) is 11.7. The molecule has 0 aliphatic carbocycles. The second-order valence-electron chi connectivity index (χ2n) is 5.65. The van der Waals surface area contributed by atoms with Gasteiger partial charge in [0.1, 0.15) is 12.4 Å². The molecule has 1 aromatic rings. The van der Waals surface area contributed by atoms with E-state index in [1.165, 1.54) is 5.56 Å². The van der Waals surface area contributed by atoms with Crippen molar-refractivity contribution < 1.29 is 9.47 Å². The van der Waals surface area contributed by atoms with Crippen LogP contribution in [0.3, 0.4) is 0 Å². The van der Waals surface area contributed by atoms with E-state index in [4.69, 9.17) is 9.47 Å². The molecule has 0 saturated carbocycles. The molecule has 0 unspecified atom stereocenters. The fourth-order valence-corrected chi connectivity index (χ4v) is 1.98. The molecule has 0 aromatic heterocycles. The highest BCUT2D eigenvalue weighted by atomic mass is 79.9. The Bertz CT molecular complexity index is 381. The molecule has 1 rings (SSSR count). The maximum absolute atomic E-state index is 5.80. The summed E-state index contributed by atoms with van der Waals surface area (Å²) in [5.74, 6) is 1.40. The standard InChI is InChI=1S/C15H23BrO2/c1-11(2)13-10-12(16)6-7-14(13)17-8-9-18-15(3,4)5/h6-7,10-11H,8-9H2,1-5H3. The molecule has 0 heterocycles. The number of ether oxygens (including phenoxy) is 2. The van der Waals surface area contributed by atoms with E-state index in [1.54, 1.807) is 0 Å². The highest BCUT2D eigenvalue weighted by Gasteiger charge is 2.11. The SMILES string of the molecule is CC(C)c1cc(Br)ccc1OCCOC(C)(C)C. The van der Waals surface area contributed by atoms with Gasteiger partial charge in [0.05, 0.1) is 12.2 Å². The number of hydrogen-bond donors (Lipinski definition) is 0. The Morgan fingerprint density at radius 3 is 2.39 bits per heavy atom. The van der Waals surface area contributed by atoms with Crippen LogP contribution in [0.25, 0.3) is 0 Å². The Kier molecular flexibility index (Phi) is 5.67. The molecule has 0 N–H and O–H groups in total. The summed E-state index contributed by atoms with van der Waals surface area (Å²) >= 11 is 3.49. The van der Waals surface area contributed by atoms with Crippen LogP contribution in [-0.4, -0.2) is 18.8 Å². The Morgan fingerprint density at radius 1 is 1.17 bits per heavy atom. The first-order valence-electron chi connectivity index (χ1n) is 6.36. The van der Waals surface area contributed by atoms with Gasteiger partial charge in [0.25, 0.3) is 0 Å². The van der Waals surface area contributed by atoms with Gasteiger partial charge in [0, 0.05) is 4.47 Å². The molecular weight excluding hydrogens is 292 g/mol. The second-order valence-corrected chi connectivity index (χ2v) is 6.56. The Morgan fingerprint density at radius 2 is 1.83 bits per heavy atom. The third-order valence-corrected chi connectivity index (χ3v) is 2.96. The van der Waals surface area contributed by atoms with Crippen molar-refractivity contribution >= 4 is 15.9 Å². The minimum absolute atomic E-state index is 0.107. The van der Waals surface area contributed by atoms with Crippen molar-refractivity contribution in [3.63, 3.8) is 0 Å². The summed E-state index contributed by atoms with van der Waals surface area (Å²) in [5.41, 5.74) is 1.12. The van der Waals surface area contributed by atoms with Gasteiger partial charge in [-0.3, -0.25) is 0 Å². The van der Waals surface area contributed by atoms with Crippen molar-refractivity contribution in [1.29, 1.82) is 0 Å². The smallest absolute Gasteiger partial charge is 0.122 e. The third-order valence-electron chi connectivity index (χ3n) is 2.47. The largest absolute Gasteiger partial charge is 0.491 e. The van der Waals surface area contributed by atoms with Crippen LogP contribution in [0.2, 0.25) is 0 Å². The maximum Gasteiger partial charge on any atom is 0.122 e. The van der Waals surface area contributed by atoms with Gasteiger partial charge >= 0.3 is 0 Å². The summed E-state index contributed by atoms with van der Waals surface area (Å²) in [6.07, 6.45) is 0. The normalized spacial score (nSPS) is 11.9. The lowest BCUT2D eigenvalue weighted by Gasteiger charge is -2.20. The molecule has 1 aromatic carbocycles. The fraction of sp³-hybridized carbons (Fsp3) is 0.600. The van der Waals surface area contributed by atoms with Crippen molar-refractivity contribution in [2.45, 2.75) is 46.1 Å². The van der Waals surface area contributed by atoms with E-state index in [2.05, 4.69) is 35.8 Å². The Balaban J connectivity index is 2.57. The zero-order valence-corrected chi connectivity index (χ0v) is 13.5. The first-order valence-corrected chi connectivity index (χ1v) is 7.15. The van der Waals surface area contributed by atoms with Crippen LogP contribution < -0.4 is 4.74 Å². The van der Waals surface area contributed by atoms with Crippen LogP contribution in [0.4, 0.5) is 0 Å². The molecule has 0 amide bonds. The third kappa shape index (κ3) is 5.40. The molecular formula is C15H23BrO2. The van der Waals surface area contributed by atoms with Gasteiger partial charge in [-0.25, -0.2) is 0 Å². The highest BCUT2D eigenvalue weighted by Crippen LogP contribution is 2.29. The van der Waals surface area contributed by atoms with Crippen molar-refractivity contribution in [3.8, 4) is 5.75 Å². The minimum Gasteiger partial charge on any atom is -0.491 e. The van der Waals surface area contributed by atoms with Crippen LogP contribution in [0.15, 0.2) is 22.7 Å². The topological polar surface area (TPSA) is 18.5 Å². The zero-order valence-electron chi connectivity index (χ0n) is 11.9. The molecule has 0 fully saturated rings. The lowest BCUT2D eigenvalue weighted by Crippen LogP contribution is -2.22. The van der Waals surface area contributed by atoms with E-state index in [9.17, 15) is 0 Å². The molecule has 0 bridgehead atoms. The number of halogens is 1. The van der Waals surface area contributed by atoms with Crippen LogP contribution in [-0.2, 0) is 4.74 Å². The number of benzene rings is 1. The first kappa shape index (κ1) is 15.5. The Hall–Kier alpha value is -0.540. The van der Waals surface area contributed by atoms with Crippen LogP contribution >= 0.6 is 15.9 Å². The van der Waals surface area contributed by atoms with Gasteiger partial charge in [-0.2, -0.15) is 0 Å². The van der Waals surface area contributed by atoms with Crippen molar-refractivity contribution in [2.24, 2.45) is 0 Å². The maximum atomic E-state index is 5.80. The highest BCUT2D eigenvalue weighted by molar-refractivity contribution is 9.10. The van der Waals surface area contributed by atoms with Gasteiger partial charge in [-0.15, -0.1) is 0 Å². The van der Waals surface area contributed by atoms with E-state index in [0.717, 1.165) is 10.2 Å². The molecule has 2 nitrogen and oxygen atoms in total. The molecule has 18 heavy (non-hydrogen) atoms. The summed E-state index contributed by atoms with van der Waals surface area (Å²) in [5, 5.41) is 0. The average molecular weight is 315 g/mol. The van der Waals surface area contributed by atoms with Crippen LogP contribution in [0.1, 0.15) is 46.1 Å². The van der Waals surface area contributed by atoms with Gasteiger partial charge in [-0.1, -0.05) is 29.8 Å². The van der Waals surface area contributed by atoms with E-state index >= 15 is 0 Å². The minimum atomic E-state index is -0.107. The summed E-state index contributed by atoms with van der Waals surface area (Å²) in [7, 11) is 0. The lowest BCUT2D eigenvalue weighted by atomic mass is 10.0. The van der Waals surface area contributed by atoms with Gasteiger partial charge in [-0.05, 0) is 50.5 Å². The Labute approximate surface area is 119 Å². The average Bonchev–Trinajstić information content (AvgIpc) is 2.24. The van der Waals surface area contributed by atoms with Crippen molar-refractivity contribution in [3.05, 3.63) is 28.2 Å². The summed E-state index contributed by atoms with van der Waals surface area (Å²) in [4.78, 5) is 0. The molecule has 0 spiro atoms. The van der Waals surface area contributed by atoms with Gasteiger partial charge < -0.3 is 9.47 Å². The number of rotatable bonds is 5. The van der Waals surface area contributed by atoms with E-state index in [-0.39, 0.29) is 5.60 Å².